The molecule has 25 heavy (non-hydrogen) atoms. The number of benzene rings is 2. The standard InChI is InChI=1S/C19H15NO5/c21-13(7-5-12-6-8-16-17(9-12)25-11-24-16)10-19(23)14-3-1-2-4-15(14)20-18(19)22/h1-9,23H,10-11H2,(H,20,22)/b7-5+/t19-/m1/s1. The van der Waals surface area contributed by atoms with E-state index in [-0.39, 0.29) is 19.0 Å². The van der Waals surface area contributed by atoms with Crippen LogP contribution in [0.25, 0.3) is 6.08 Å². The normalized spacial score (nSPS) is 20.6. The van der Waals surface area contributed by atoms with Gasteiger partial charge in [-0.05, 0) is 29.8 Å². The highest BCUT2D eigenvalue weighted by atomic mass is 16.7. The summed E-state index contributed by atoms with van der Waals surface area (Å²) < 4.78 is 10.5. The highest BCUT2D eigenvalue weighted by Gasteiger charge is 2.46. The molecule has 2 aliphatic rings. The van der Waals surface area contributed by atoms with Crippen LogP contribution in [0.15, 0.2) is 48.5 Å². The lowest BCUT2D eigenvalue weighted by Gasteiger charge is -2.18. The monoisotopic (exact) mass is 337 g/mol. The summed E-state index contributed by atoms with van der Waals surface area (Å²) in [5.41, 5.74) is -0.124. The van der Waals surface area contributed by atoms with E-state index in [2.05, 4.69) is 5.32 Å². The molecule has 126 valence electrons. The number of carbonyl (C=O) groups excluding carboxylic acids is 2. The Hall–Kier alpha value is -3.12. The first-order valence-corrected chi connectivity index (χ1v) is 7.80. The van der Waals surface area contributed by atoms with E-state index in [1.54, 1.807) is 48.5 Å². The Bertz CT molecular complexity index is 904. The van der Waals surface area contributed by atoms with Crippen LogP contribution in [0.1, 0.15) is 17.5 Å². The summed E-state index contributed by atoms with van der Waals surface area (Å²) in [6.45, 7) is 0.184. The van der Waals surface area contributed by atoms with Crippen molar-refractivity contribution in [2.45, 2.75) is 12.0 Å². The summed E-state index contributed by atoms with van der Waals surface area (Å²) in [6.07, 6.45) is 2.65. The molecule has 0 saturated carbocycles. The van der Waals surface area contributed by atoms with Crippen LogP contribution in [0.5, 0.6) is 11.5 Å². The molecule has 6 heteroatoms. The number of anilines is 1. The zero-order valence-electron chi connectivity index (χ0n) is 13.2. The molecule has 2 aromatic carbocycles. The van der Waals surface area contributed by atoms with E-state index in [1.807, 2.05) is 0 Å². The van der Waals surface area contributed by atoms with Gasteiger partial charge in [-0.25, -0.2) is 0 Å². The van der Waals surface area contributed by atoms with Gasteiger partial charge >= 0.3 is 0 Å². The second-order valence-electron chi connectivity index (χ2n) is 5.95. The number of hydrogen-bond donors (Lipinski definition) is 2. The molecule has 0 bridgehead atoms. The average molecular weight is 337 g/mol. The molecule has 1 atom stereocenters. The van der Waals surface area contributed by atoms with Gasteiger partial charge in [0.25, 0.3) is 5.91 Å². The Morgan fingerprint density at radius 1 is 1.20 bits per heavy atom. The molecular weight excluding hydrogens is 322 g/mol. The van der Waals surface area contributed by atoms with Crippen LogP contribution in [-0.4, -0.2) is 23.6 Å². The third kappa shape index (κ3) is 2.66. The lowest BCUT2D eigenvalue weighted by atomic mass is 9.90. The van der Waals surface area contributed by atoms with Crippen LogP contribution < -0.4 is 14.8 Å². The first-order chi connectivity index (χ1) is 12.1. The molecule has 1 amide bonds. The van der Waals surface area contributed by atoms with E-state index >= 15 is 0 Å². The molecule has 0 unspecified atom stereocenters. The molecule has 0 saturated heterocycles. The Morgan fingerprint density at radius 2 is 2.00 bits per heavy atom. The van der Waals surface area contributed by atoms with Gasteiger partial charge in [-0.3, -0.25) is 9.59 Å². The highest BCUT2D eigenvalue weighted by molar-refractivity contribution is 6.08. The number of carbonyl (C=O) groups is 2. The number of aliphatic hydroxyl groups is 1. The first-order valence-electron chi connectivity index (χ1n) is 7.80. The zero-order chi connectivity index (χ0) is 17.4. The summed E-state index contributed by atoms with van der Waals surface area (Å²) in [6, 6.07) is 12.1. The molecule has 4 rings (SSSR count). The molecule has 0 aliphatic carbocycles. The Kier molecular flexibility index (Phi) is 3.54. The fourth-order valence-electron chi connectivity index (χ4n) is 2.99. The predicted molar refractivity (Wildman–Crippen MR) is 90.2 cm³/mol. The number of allylic oxidation sites excluding steroid dienone is 1. The minimum atomic E-state index is -1.84. The van der Waals surface area contributed by atoms with Crippen molar-refractivity contribution >= 4 is 23.5 Å². The van der Waals surface area contributed by atoms with E-state index < -0.39 is 11.5 Å². The van der Waals surface area contributed by atoms with Crippen LogP contribution >= 0.6 is 0 Å². The average Bonchev–Trinajstić information content (AvgIpc) is 3.16. The van der Waals surface area contributed by atoms with Crippen LogP contribution in [0, 0.1) is 0 Å². The molecular formula is C19H15NO5. The smallest absolute Gasteiger partial charge is 0.261 e. The number of amides is 1. The number of rotatable bonds is 4. The SMILES string of the molecule is O=C(/C=C/c1ccc2c(c1)OCO2)C[C@]1(O)C(=O)Nc2ccccc21. The summed E-state index contributed by atoms with van der Waals surface area (Å²) >= 11 is 0. The van der Waals surface area contributed by atoms with Crippen molar-refractivity contribution in [1.29, 1.82) is 0 Å². The van der Waals surface area contributed by atoms with E-state index in [9.17, 15) is 14.7 Å². The molecule has 2 heterocycles. The van der Waals surface area contributed by atoms with Crippen molar-refractivity contribution in [1.82, 2.24) is 0 Å². The third-order valence-corrected chi connectivity index (χ3v) is 4.28. The van der Waals surface area contributed by atoms with Crippen molar-refractivity contribution in [2.75, 3.05) is 12.1 Å². The molecule has 2 N–H and O–H groups in total. The van der Waals surface area contributed by atoms with Crippen LogP contribution in [-0.2, 0) is 15.2 Å². The van der Waals surface area contributed by atoms with Gasteiger partial charge < -0.3 is 19.9 Å². The summed E-state index contributed by atoms with van der Waals surface area (Å²) in [5, 5.41) is 13.3. The van der Waals surface area contributed by atoms with E-state index in [1.165, 1.54) is 6.08 Å². The fourth-order valence-corrected chi connectivity index (χ4v) is 2.99. The Balaban J connectivity index is 1.51. The molecule has 0 radical (unpaired) electrons. The van der Waals surface area contributed by atoms with Gasteiger partial charge in [0.05, 0.1) is 6.42 Å². The largest absolute Gasteiger partial charge is 0.454 e. The van der Waals surface area contributed by atoms with Gasteiger partial charge in [0.15, 0.2) is 22.9 Å². The summed E-state index contributed by atoms with van der Waals surface area (Å²) in [7, 11) is 0. The lowest BCUT2D eigenvalue weighted by Crippen LogP contribution is -2.36. The van der Waals surface area contributed by atoms with E-state index in [0.717, 1.165) is 5.56 Å². The molecule has 0 fully saturated rings. The van der Waals surface area contributed by atoms with Crippen LogP contribution in [0.3, 0.4) is 0 Å². The van der Waals surface area contributed by atoms with Gasteiger partial charge in [0.2, 0.25) is 6.79 Å². The second-order valence-corrected chi connectivity index (χ2v) is 5.95. The summed E-state index contributed by atoms with van der Waals surface area (Å²) in [4.78, 5) is 24.4. The van der Waals surface area contributed by atoms with E-state index in [0.29, 0.717) is 22.7 Å². The van der Waals surface area contributed by atoms with E-state index in [4.69, 9.17) is 9.47 Å². The molecule has 2 aromatic rings. The highest BCUT2D eigenvalue weighted by Crippen LogP contribution is 2.38. The minimum Gasteiger partial charge on any atom is -0.454 e. The molecule has 0 spiro atoms. The van der Waals surface area contributed by atoms with Crippen LogP contribution in [0.4, 0.5) is 5.69 Å². The number of nitrogens with one attached hydrogen (secondary N) is 1. The Morgan fingerprint density at radius 3 is 2.88 bits per heavy atom. The topological polar surface area (TPSA) is 84.9 Å². The minimum absolute atomic E-state index is 0.184. The van der Waals surface area contributed by atoms with Gasteiger partial charge in [-0.15, -0.1) is 0 Å². The van der Waals surface area contributed by atoms with Crippen molar-refractivity contribution in [3.05, 3.63) is 59.7 Å². The van der Waals surface area contributed by atoms with Gasteiger partial charge in [-0.2, -0.15) is 0 Å². The van der Waals surface area contributed by atoms with Crippen LogP contribution in [0.2, 0.25) is 0 Å². The Labute approximate surface area is 143 Å². The third-order valence-electron chi connectivity index (χ3n) is 4.28. The molecule has 2 aliphatic heterocycles. The van der Waals surface area contributed by atoms with Crippen molar-refractivity contribution in [3.63, 3.8) is 0 Å². The zero-order valence-corrected chi connectivity index (χ0v) is 13.2. The number of ketones is 1. The summed E-state index contributed by atoms with van der Waals surface area (Å²) in [5.74, 6) is 0.347. The number of fused-ring (bicyclic) bond motifs is 2. The van der Waals surface area contributed by atoms with Crippen molar-refractivity contribution in [2.24, 2.45) is 0 Å². The predicted octanol–water partition coefficient (Wildman–Crippen LogP) is 2.23. The fraction of sp³-hybridized carbons (Fsp3) is 0.158. The maximum Gasteiger partial charge on any atom is 0.261 e. The number of ether oxygens (including phenoxy) is 2. The van der Waals surface area contributed by atoms with Crippen molar-refractivity contribution in [3.8, 4) is 11.5 Å². The maximum atomic E-state index is 12.3. The lowest BCUT2D eigenvalue weighted by molar-refractivity contribution is -0.138. The molecule has 0 aromatic heterocycles. The van der Waals surface area contributed by atoms with Gasteiger partial charge in [0.1, 0.15) is 0 Å². The van der Waals surface area contributed by atoms with Gasteiger partial charge in [0, 0.05) is 11.3 Å². The quantitative estimate of drug-likeness (QED) is 0.836. The van der Waals surface area contributed by atoms with Crippen molar-refractivity contribution < 1.29 is 24.2 Å². The number of hydrogen-bond acceptors (Lipinski definition) is 5. The first kappa shape index (κ1) is 15.4. The number of para-hydroxylation sites is 1. The molecule has 6 nitrogen and oxygen atoms in total. The maximum absolute atomic E-state index is 12.3. The van der Waals surface area contributed by atoms with Gasteiger partial charge in [-0.1, -0.05) is 30.3 Å². The second kappa shape index (κ2) is 5.75.